The summed E-state index contributed by atoms with van der Waals surface area (Å²) in [7, 11) is 0. The molecular weight excluding hydrogens is 408 g/mol. The minimum atomic E-state index is -0.528. The first-order valence-electron chi connectivity index (χ1n) is 9.13. The number of unbranched alkanes of at least 4 members (excludes halogenated alkanes) is 1. The summed E-state index contributed by atoms with van der Waals surface area (Å²) < 4.78 is 5.60. The van der Waals surface area contributed by atoms with Crippen LogP contribution < -0.4 is 5.43 Å². The number of hydrogen-bond donors (Lipinski definition) is 1. The highest BCUT2D eigenvalue weighted by Gasteiger charge is 2.29. The van der Waals surface area contributed by atoms with Gasteiger partial charge in [0, 0.05) is 12.5 Å². The first kappa shape index (κ1) is 19.4. The van der Waals surface area contributed by atoms with Crippen molar-refractivity contribution in [3.8, 4) is 11.1 Å². The second-order valence-electron chi connectivity index (χ2n) is 6.48. The first-order valence-corrected chi connectivity index (χ1v) is 10.3. The highest BCUT2D eigenvalue weighted by Crippen LogP contribution is 2.44. The summed E-state index contributed by atoms with van der Waals surface area (Å²) in [5, 5.41) is 1.39. The van der Waals surface area contributed by atoms with E-state index in [2.05, 4.69) is 45.6 Å². The molecule has 0 aliphatic heterocycles. The van der Waals surface area contributed by atoms with Gasteiger partial charge in [0.25, 0.3) is 0 Å². The second-order valence-corrected chi connectivity index (χ2v) is 7.04. The maximum Gasteiger partial charge on any atom is 0.428 e. The Morgan fingerprint density at radius 3 is 2.22 bits per heavy atom. The lowest BCUT2D eigenvalue weighted by Crippen LogP contribution is -2.47. The number of carbonyl (C=O) groups is 2. The third-order valence-electron chi connectivity index (χ3n) is 4.67. The van der Waals surface area contributed by atoms with E-state index < -0.39 is 6.09 Å². The molecule has 142 valence electrons. The van der Waals surface area contributed by atoms with Crippen molar-refractivity contribution in [1.29, 1.82) is 0 Å². The molecule has 0 radical (unpaired) electrons. The standard InChI is InChI=1S/C21H23BrN2O3/c1-2-3-12-24(23-20(25)13-22)21(26)27-14-19-17-10-6-4-8-15(17)16-9-5-7-11-18(16)19/h4-11,19H,2-3,12-14H2,1H3,(H,23,25). The highest BCUT2D eigenvalue weighted by molar-refractivity contribution is 9.09. The lowest BCUT2D eigenvalue weighted by atomic mass is 9.98. The number of hydrazine groups is 1. The largest absolute Gasteiger partial charge is 0.447 e. The SMILES string of the molecule is CCCCN(NC(=O)CBr)C(=O)OCC1c2ccccc2-c2ccccc21. The van der Waals surface area contributed by atoms with Crippen LogP contribution in [0.15, 0.2) is 48.5 Å². The molecule has 27 heavy (non-hydrogen) atoms. The Labute approximate surface area is 167 Å². The van der Waals surface area contributed by atoms with Crippen molar-refractivity contribution in [2.24, 2.45) is 0 Å². The lowest BCUT2D eigenvalue weighted by molar-refractivity contribution is -0.122. The predicted molar refractivity (Wildman–Crippen MR) is 109 cm³/mol. The minimum Gasteiger partial charge on any atom is -0.447 e. The van der Waals surface area contributed by atoms with E-state index in [0.29, 0.717) is 6.54 Å². The van der Waals surface area contributed by atoms with E-state index in [1.165, 1.54) is 16.1 Å². The van der Waals surface area contributed by atoms with Crippen molar-refractivity contribution in [1.82, 2.24) is 10.4 Å². The van der Waals surface area contributed by atoms with E-state index in [9.17, 15) is 9.59 Å². The van der Waals surface area contributed by atoms with Crippen LogP contribution in [0.1, 0.15) is 36.8 Å². The van der Waals surface area contributed by atoms with Gasteiger partial charge in [-0.1, -0.05) is 77.8 Å². The van der Waals surface area contributed by atoms with Gasteiger partial charge in [-0.2, -0.15) is 0 Å². The zero-order valence-electron chi connectivity index (χ0n) is 15.3. The van der Waals surface area contributed by atoms with Gasteiger partial charge in [0.1, 0.15) is 6.61 Å². The molecule has 6 heteroatoms. The molecule has 0 spiro atoms. The van der Waals surface area contributed by atoms with Crippen LogP contribution in [0.3, 0.4) is 0 Å². The summed E-state index contributed by atoms with van der Waals surface area (Å²) in [5.74, 6) is -0.277. The Bertz CT molecular complexity index is 779. The average molecular weight is 431 g/mol. The van der Waals surface area contributed by atoms with Crippen LogP contribution in [0, 0.1) is 0 Å². The van der Waals surface area contributed by atoms with Gasteiger partial charge in [0.05, 0.1) is 5.33 Å². The molecule has 2 amide bonds. The maximum absolute atomic E-state index is 12.6. The molecule has 0 unspecified atom stereocenters. The number of nitrogens with one attached hydrogen (secondary N) is 1. The molecule has 5 nitrogen and oxygen atoms in total. The molecule has 0 atom stereocenters. The van der Waals surface area contributed by atoms with Crippen molar-refractivity contribution in [3.05, 3.63) is 59.7 Å². The fourth-order valence-corrected chi connectivity index (χ4v) is 3.49. The number of carbonyl (C=O) groups excluding carboxylic acids is 2. The van der Waals surface area contributed by atoms with Crippen molar-refractivity contribution in [3.63, 3.8) is 0 Å². The van der Waals surface area contributed by atoms with Gasteiger partial charge in [-0.3, -0.25) is 10.2 Å². The molecule has 0 saturated heterocycles. The fraction of sp³-hybridized carbons (Fsp3) is 0.333. The van der Waals surface area contributed by atoms with E-state index in [-0.39, 0.29) is 23.8 Å². The lowest BCUT2D eigenvalue weighted by Gasteiger charge is -2.23. The smallest absolute Gasteiger partial charge is 0.428 e. The van der Waals surface area contributed by atoms with Crippen LogP contribution >= 0.6 is 15.9 Å². The number of fused-ring (bicyclic) bond motifs is 3. The van der Waals surface area contributed by atoms with E-state index in [4.69, 9.17) is 4.74 Å². The molecule has 2 aromatic rings. The third kappa shape index (κ3) is 4.33. The number of amides is 2. The highest BCUT2D eigenvalue weighted by atomic mass is 79.9. The summed E-state index contributed by atoms with van der Waals surface area (Å²) in [4.78, 5) is 24.2. The Morgan fingerprint density at radius 2 is 1.67 bits per heavy atom. The van der Waals surface area contributed by atoms with Crippen LogP contribution in [0.2, 0.25) is 0 Å². The zero-order chi connectivity index (χ0) is 19.2. The van der Waals surface area contributed by atoms with Crippen molar-refractivity contribution < 1.29 is 14.3 Å². The zero-order valence-corrected chi connectivity index (χ0v) is 16.9. The topological polar surface area (TPSA) is 58.6 Å². The minimum absolute atomic E-state index is 0.00116. The van der Waals surface area contributed by atoms with Gasteiger partial charge in [-0.05, 0) is 28.7 Å². The number of ether oxygens (including phenoxy) is 1. The average Bonchev–Trinajstić information content (AvgIpc) is 3.03. The Kier molecular flexibility index (Phi) is 6.50. The van der Waals surface area contributed by atoms with E-state index in [0.717, 1.165) is 24.0 Å². The molecule has 0 aromatic heterocycles. The van der Waals surface area contributed by atoms with E-state index in [1.54, 1.807) is 0 Å². The van der Waals surface area contributed by atoms with Crippen LogP contribution in [0.4, 0.5) is 4.79 Å². The number of halogens is 1. The van der Waals surface area contributed by atoms with Gasteiger partial charge in [-0.25, -0.2) is 9.80 Å². The Hall–Kier alpha value is -2.34. The molecule has 3 rings (SSSR count). The summed E-state index contributed by atoms with van der Waals surface area (Å²) in [6.07, 6.45) is 1.17. The first-order chi connectivity index (χ1) is 13.2. The summed E-state index contributed by atoms with van der Waals surface area (Å²) >= 11 is 3.10. The molecule has 2 aromatic carbocycles. The van der Waals surface area contributed by atoms with Crippen molar-refractivity contribution in [2.75, 3.05) is 18.5 Å². The number of hydrogen-bond acceptors (Lipinski definition) is 3. The number of rotatable bonds is 6. The fourth-order valence-electron chi connectivity index (χ4n) is 3.36. The number of alkyl halides is 1. The van der Waals surface area contributed by atoms with Crippen LogP contribution in [0.25, 0.3) is 11.1 Å². The number of nitrogens with zero attached hydrogens (tertiary/aromatic N) is 1. The summed E-state index contributed by atoms with van der Waals surface area (Å²) in [6, 6.07) is 16.4. The molecular formula is C21H23BrN2O3. The van der Waals surface area contributed by atoms with Gasteiger partial charge < -0.3 is 4.74 Å². The van der Waals surface area contributed by atoms with Crippen LogP contribution in [-0.2, 0) is 9.53 Å². The molecule has 0 fully saturated rings. The maximum atomic E-state index is 12.6. The Morgan fingerprint density at radius 1 is 1.07 bits per heavy atom. The van der Waals surface area contributed by atoms with Gasteiger partial charge >= 0.3 is 6.09 Å². The Balaban J connectivity index is 1.73. The van der Waals surface area contributed by atoms with E-state index >= 15 is 0 Å². The van der Waals surface area contributed by atoms with Crippen LogP contribution in [-0.4, -0.2) is 35.5 Å². The molecule has 0 heterocycles. The van der Waals surface area contributed by atoms with E-state index in [1.807, 2.05) is 31.2 Å². The molecule has 1 N–H and O–H groups in total. The normalized spacial score (nSPS) is 12.2. The molecule has 0 bridgehead atoms. The second kappa shape index (κ2) is 9.04. The summed E-state index contributed by atoms with van der Waals surface area (Å²) in [5.41, 5.74) is 7.28. The predicted octanol–water partition coefficient (Wildman–Crippen LogP) is 4.46. The van der Waals surface area contributed by atoms with Gasteiger partial charge in [-0.15, -0.1) is 0 Å². The quantitative estimate of drug-likeness (QED) is 0.543. The molecule has 0 saturated carbocycles. The third-order valence-corrected chi connectivity index (χ3v) is 5.18. The summed E-state index contributed by atoms with van der Waals surface area (Å²) in [6.45, 7) is 2.69. The number of benzene rings is 2. The van der Waals surface area contributed by atoms with Crippen molar-refractivity contribution in [2.45, 2.75) is 25.7 Å². The van der Waals surface area contributed by atoms with Crippen molar-refractivity contribution >= 4 is 27.9 Å². The monoisotopic (exact) mass is 430 g/mol. The van der Waals surface area contributed by atoms with Crippen LogP contribution in [0.5, 0.6) is 0 Å². The van der Waals surface area contributed by atoms with Gasteiger partial charge in [0.15, 0.2) is 0 Å². The molecule has 1 aliphatic rings. The van der Waals surface area contributed by atoms with Gasteiger partial charge in [0.2, 0.25) is 5.91 Å². The molecule has 1 aliphatic carbocycles.